The fraction of sp³-hybridized carbons (Fsp3) is 0.462. The van der Waals surface area contributed by atoms with Crippen LogP contribution in [0.25, 0.3) is 0 Å². The molecule has 0 radical (unpaired) electrons. The van der Waals surface area contributed by atoms with Gasteiger partial charge in [0.05, 0.1) is 12.8 Å². The molecule has 1 aromatic carbocycles. The van der Waals surface area contributed by atoms with Crippen LogP contribution in [0, 0.1) is 0 Å². The number of nitrogens with two attached hydrogens (primary N) is 1. The minimum atomic E-state index is -0.603. The highest BCUT2D eigenvalue weighted by atomic mass is 16.5. The van der Waals surface area contributed by atoms with Crippen molar-refractivity contribution in [2.75, 3.05) is 12.4 Å². The summed E-state index contributed by atoms with van der Waals surface area (Å²) in [6, 6.07) is 7.58. The molecule has 92 valence electrons. The van der Waals surface area contributed by atoms with E-state index in [2.05, 4.69) is 5.32 Å². The Morgan fingerprint density at radius 3 is 2.59 bits per heavy atom. The van der Waals surface area contributed by atoms with Gasteiger partial charge in [-0.25, -0.2) is 0 Å². The molecule has 1 fully saturated rings. The van der Waals surface area contributed by atoms with Gasteiger partial charge >= 0.3 is 0 Å². The summed E-state index contributed by atoms with van der Waals surface area (Å²) < 4.78 is 5.27. The van der Waals surface area contributed by atoms with Crippen LogP contribution in [0.1, 0.15) is 25.7 Å². The molecule has 0 heterocycles. The lowest BCUT2D eigenvalue weighted by Gasteiger charge is -2.28. The molecule has 4 heteroatoms. The van der Waals surface area contributed by atoms with Crippen LogP contribution in [0.3, 0.4) is 0 Å². The molecule has 1 saturated carbocycles. The standard InChI is InChI=1S/C13H18N2O2/c1-17-11-7-3-2-6-10(11)15-13(12(14)16)8-4-5-9-13/h2-3,6-7,15H,4-5,8-9H2,1H3,(H2,14,16). The first-order valence-electron chi connectivity index (χ1n) is 5.89. The average Bonchev–Trinajstić information content (AvgIpc) is 2.80. The molecule has 0 bridgehead atoms. The zero-order chi connectivity index (χ0) is 12.3. The largest absolute Gasteiger partial charge is 0.495 e. The number of rotatable bonds is 4. The van der Waals surface area contributed by atoms with Gasteiger partial charge in [0, 0.05) is 0 Å². The number of hydrogen-bond acceptors (Lipinski definition) is 3. The lowest BCUT2D eigenvalue weighted by Crippen LogP contribution is -2.48. The van der Waals surface area contributed by atoms with Gasteiger partial charge in [-0.15, -0.1) is 0 Å². The van der Waals surface area contributed by atoms with E-state index in [9.17, 15) is 4.79 Å². The Morgan fingerprint density at radius 2 is 2.00 bits per heavy atom. The number of carbonyl (C=O) groups is 1. The molecular formula is C13H18N2O2. The highest BCUT2D eigenvalue weighted by Gasteiger charge is 2.39. The normalized spacial score (nSPS) is 17.7. The van der Waals surface area contributed by atoms with E-state index < -0.39 is 5.54 Å². The van der Waals surface area contributed by atoms with E-state index in [1.807, 2.05) is 24.3 Å². The maximum Gasteiger partial charge on any atom is 0.243 e. The minimum absolute atomic E-state index is 0.277. The first-order valence-corrected chi connectivity index (χ1v) is 5.89. The Bertz CT molecular complexity index is 412. The van der Waals surface area contributed by atoms with E-state index >= 15 is 0 Å². The maximum absolute atomic E-state index is 11.6. The number of methoxy groups -OCH3 is 1. The molecule has 0 spiro atoms. The lowest BCUT2D eigenvalue weighted by atomic mass is 9.96. The van der Waals surface area contributed by atoms with Gasteiger partial charge in [-0.05, 0) is 25.0 Å². The van der Waals surface area contributed by atoms with Gasteiger partial charge in [0.1, 0.15) is 11.3 Å². The molecule has 0 saturated heterocycles. The van der Waals surface area contributed by atoms with Gasteiger partial charge in [-0.1, -0.05) is 25.0 Å². The van der Waals surface area contributed by atoms with E-state index in [1.165, 1.54) is 0 Å². The Hall–Kier alpha value is -1.71. The summed E-state index contributed by atoms with van der Waals surface area (Å²) in [4.78, 5) is 11.6. The van der Waals surface area contributed by atoms with Crippen molar-refractivity contribution >= 4 is 11.6 Å². The number of ether oxygens (including phenoxy) is 1. The number of nitrogens with one attached hydrogen (secondary N) is 1. The molecule has 0 unspecified atom stereocenters. The van der Waals surface area contributed by atoms with E-state index in [0.717, 1.165) is 37.1 Å². The van der Waals surface area contributed by atoms with Crippen LogP contribution < -0.4 is 15.8 Å². The predicted molar refractivity (Wildman–Crippen MR) is 67.0 cm³/mol. The quantitative estimate of drug-likeness (QED) is 0.836. The van der Waals surface area contributed by atoms with E-state index in [-0.39, 0.29) is 5.91 Å². The number of benzene rings is 1. The zero-order valence-corrected chi connectivity index (χ0v) is 10.0. The summed E-state index contributed by atoms with van der Waals surface area (Å²) in [6.45, 7) is 0. The van der Waals surface area contributed by atoms with Crippen LogP contribution in [-0.4, -0.2) is 18.6 Å². The fourth-order valence-corrected chi connectivity index (χ4v) is 2.42. The summed E-state index contributed by atoms with van der Waals surface area (Å²) in [6.07, 6.45) is 3.65. The second-order valence-corrected chi connectivity index (χ2v) is 4.48. The van der Waals surface area contributed by atoms with Gasteiger partial charge in [-0.3, -0.25) is 4.79 Å². The second kappa shape index (κ2) is 4.65. The third-order valence-corrected chi connectivity index (χ3v) is 3.41. The van der Waals surface area contributed by atoms with E-state index in [1.54, 1.807) is 7.11 Å². The van der Waals surface area contributed by atoms with Crippen molar-refractivity contribution in [3.05, 3.63) is 24.3 Å². The SMILES string of the molecule is COc1ccccc1NC1(C(N)=O)CCCC1. The second-order valence-electron chi connectivity index (χ2n) is 4.48. The molecule has 0 atom stereocenters. The van der Waals surface area contributed by atoms with Crippen molar-refractivity contribution in [1.29, 1.82) is 0 Å². The molecule has 0 aliphatic heterocycles. The highest BCUT2D eigenvalue weighted by Crippen LogP contribution is 2.35. The lowest BCUT2D eigenvalue weighted by molar-refractivity contribution is -0.122. The predicted octanol–water partition coefficient (Wildman–Crippen LogP) is 1.91. The first-order chi connectivity index (χ1) is 8.18. The van der Waals surface area contributed by atoms with Crippen LogP contribution in [0.15, 0.2) is 24.3 Å². The summed E-state index contributed by atoms with van der Waals surface area (Å²) in [5.41, 5.74) is 5.76. The number of hydrogen-bond donors (Lipinski definition) is 2. The van der Waals surface area contributed by atoms with Gasteiger partial charge in [0.2, 0.25) is 5.91 Å². The van der Waals surface area contributed by atoms with Crippen molar-refractivity contribution in [2.24, 2.45) is 5.73 Å². The smallest absolute Gasteiger partial charge is 0.243 e. The Morgan fingerprint density at radius 1 is 1.35 bits per heavy atom. The Kier molecular flexibility index (Phi) is 3.22. The molecule has 1 amide bonds. The Labute approximate surface area is 101 Å². The van der Waals surface area contributed by atoms with Crippen molar-refractivity contribution in [2.45, 2.75) is 31.2 Å². The first kappa shape index (κ1) is 11.8. The summed E-state index contributed by atoms with van der Waals surface area (Å²) in [5, 5.41) is 3.27. The van der Waals surface area contributed by atoms with Crippen LogP contribution >= 0.6 is 0 Å². The van der Waals surface area contributed by atoms with Gasteiger partial charge in [0.25, 0.3) is 0 Å². The number of carbonyl (C=O) groups excluding carboxylic acids is 1. The van der Waals surface area contributed by atoms with Crippen LogP contribution in [0.5, 0.6) is 5.75 Å². The minimum Gasteiger partial charge on any atom is -0.495 e. The zero-order valence-electron chi connectivity index (χ0n) is 10.0. The van der Waals surface area contributed by atoms with Gasteiger partial charge in [-0.2, -0.15) is 0 Å². The van der Waals surface area contributed by atoms with Gasteiger partial charge < -0.3 is 15.8 Å². The molecule has 2 rings (SSSR count). The van der Waals surface area contributed by atoms with E-state index in [0.29, 0.717) is 0 Å². The van der Waals surface area contributed by atoms with Crippen molar-refractivity contribution < 1.29 is 9.53 Å². The molecular weight excluding hydrogens is 216 g/mol. The van der Waals surface area contributed by atoms with Crippen molar-refractivity contribution in [1.82, 2.24) is 0 Å². The van der Waals surface area contributed by atoms with Crippen molar-refractivity contribution in [3.63, 3.8) is 0 Å². The number of para-hydroxylation sites is 2. The molecule has 17 heavy (non-hydrogen) atoms. The summed E-state index contributed by atoms with van der Waals surface area (Å²) >= 11 is 0. The summed E-state index contributed by atoms with van der Waals surface area (Å²) in [5.74, 6) is 0.459. The molecule has 3 N–H and O–H groups in total. The monoisotopic (exact) mass is 234 g/mol. The van der Waals surface area contributed by atoms with Crippen molar-refractivity contribution in [3.8, 4) is 5.75 Å². The van der Waals surface area contributed by atoms with Crippen LogP contribution in [-0.2, 0) is 4.79 Å². The molecule has 1 aliphatic rings. The topological polar surface area (TPSA) is 64.3 Å². The molecule has 1 aliphatic carbocycles. The molecule has 4 nitrogen and oxygen atoms in total. The number of primary amides is 1. The van der Waals surface area contributed by atoms with E-state index in [4.69, 9.17) is 10.5 Å². The number of amides is 1. The Balaban J connectivity index is 2.26. The average molecular weight is 234 g/mol. The fourth-order valence-electron chi connectivity index (χ4n) is 2.42. The highest BCUT2D eigenvalue weighted by molar-refractivity contribution is 5.88. The molecule has 1 aromatic rings. The third kappa shape index (κ3) is 2.20. The van der Waals surface area contributed by atoms with Crippen LogP contribution in [0.4, 0.5) is 5.69 Å². The van der Waals surface area contributed by atoms with Crippen LogP contribution in [0.2, 0.25) is 0 Å². The van der Waals surface area contributed by atoms with Gasteiger partial charge in [0.15, 0.2) is 0 Å². The number of anilines is 1. The maximum atomic E-state index is 11.6. The molecule has 0 aromatic heterocycles. The third-order valence-electron chi connectivity index (χ3n) is 3.41. The summed E-state index contributed by atoms with van der Waals surface area (Å²) in [7, 11) is 1.62.